The molecule has 0 aliphatic carbocycles. The number of aromatic nitrogens is 3. The third-order valence-corrected chi connectivity index (χ3v) is 3.60. The van der Waals surface area contributed by atoms with Gasteiger partial charge >= 0.3 is 5.97 Å². The fourth-order valence-electron chi connectivity index (χ4n) is 1.64. The highest BCUT2D eigenvalue weighted by molar-refractivity contribution is 7.99. The molecule has 0 unspecified atom stereocenters. The van der Waals surface area contributed by atoms with E-state index in [1.165, 1.54) is 0 Å². The van der Waals surface area contributed by atoms with E-state index in [0.29, 0.717) is 17.3 Å². The van der Waals surface area contributed by atoms with Gasteiger partial charge in [-0.1, -0.05) is 23.9 Å². The molecule has 1 heterocycles. The van der Waals surface area contributed by atoms with Crippen molar-refractivity contribution < 1.29 is 9.90 Å². The first-order valence-corrected chi connectivity index (χ1v) is 6.82. The molecule has 0 atom stereocenters. The van der Waals surface area contributed by atoms with Crippen molar-refractivity contribution in [2.45, 2.75) is 18.6 Å². The SMILES string of the molecule is Cc1nnc(SCC(=O)O)n1Cc1ccc(C#N)cc1. The lowest BCUT2D eigenvalue weighted by Gasteiger charge is -2.07. The second kappa shape index (κ2) is 6.21. The van der Waals surface area contributed by atoms with Crippen LogP contribution >= 0.6 is 11.8 Å². The van der Waals surface area contributed by atoms with E-state index in [4.69, 9.17) is 10.4 Å². The predicted octanol–water partition coefficient (Wildman–Crippen LogP) is 1.68. The summed E-state index contributed by atoms with van der Waals surface area (Å²) in [4.78, 5) is 10.6. The molecular formula is C13H12N4O2S. The molecule has 1 aromatic heterocycles. The van der Waals surface area contributed by atoms with Crippen molar-refractivity contribution >= 4 is 17.7 Å². The Morgan fingerprint density at radius 1 is 1.40 bits per heavy atom. The molecule has 0 spiro atoms. The van der Waals surface area contributed by atoms with Gasteiger partial charge in [-0.15, -0.1) is 10.2 Å². The number of carboxylic acids is 1. The summed E-state index contributed by atoms with van der Waals surface area (Å²) in [6.07, 6.45) is 0. The molecule has 0 radical (unpaired) electrons. The summed E-state index contributed by atoms with van der Waals surface area (Å²) in [5, 5.41) is 26.0. The Balaban J connectivity index is 2.17. The molecule has 0 saturated carbocycles. The van der Waals surface area contributed by atoms with E-state index in [2.05, 4.69) is 16.3 Å². The number of nitriles is 1. The number of hydrogen-bond donors (Lipinski definition) is 1. The minimum Gasteiger partial charge on any atom is -0.481 e. The molecule has 6 nitrogen and oxygen atoms in total. The first kappa shape index (κ1) is 14.1. The van der Waals surface area contributed by atoms with Crippen molar-refractivity contribution in [2.24, 2.45) is 0 Å². The summed E-state index contributed by atoms with van der Waals surface area (Å²) in [5.74, 6) is -0.214. The average molecular weight is 288 g/mol. The number of nitrogens with zero attached hydrogens (tertiary/aromatic N) is 4. The highest BCUT2D eigenvalue weighted by Crippen LogP contribution is 2.18. The molecule has 20 heavy (non-hydrogen) atoms. The monoisotopic (exact) mass is 288 g/mol. The van der Waals surface area contributed by atoms with Gasteiger partial charge in [0.05, 0.1) is 23.9 Å². The van der Waals surface area contributed by atoms with E-state index in [1.807, 2.05) is 23.6 Å². The van der Waals surface area contributed by atoms with Crippen LogP contribution in [0.5, 0.6) is 0 Å². The van der Waals surface area contributed by atoms with Crippen LogP contribution in [0.4, 0.5) is 0 Å². The molecule has 2 rings (SSSR count). The molecular weight excluding hydrogens is 276 g/mol. The lowest BCUT2D eigenvalue weighted by Crippen LogP contribution is -2.06. The number of aryl methyl sites for hydroxylation is 1. The van der Waals surface area contributed by atoms with Gasteiger partial charge in [0.1, 0.15) is 5.82 Å². The van der Waals surface area contributed by atoms with Gasteiger partial charge in [-0.05, 0) is 24.6 Å². The second-order valence-corrected chi connectivity index (χ2v) is 5.05. The van der Waals surface area contributed by atoms with E-state index >= 15 is 0 Å². The number of aliphatic carboxylic acids is 1. The Morgan fingerprint density at radius 2 is 2.10 bits per heavy atom. The normalized spacial score (nSPS) is 10.2. The number of carbonyl (C=O) groups is 1. The van der Waals surface area contributed by atoms with Crippen LogP contribution in [0.15, 0.2) is 29.4 Å². The zero-order valence-corrected chi connectivity index (χ0v) is 11.6. The minimum absolute atomic E-state index is 0.0501. The van der Waals surface area contributed by atoms with E-state index in [1.54, 1.807) is 12.1 Å². The number of thioether (sulfide) groups is 1. The molecule has 102 valence electrons. The maximum Gasteiger partial charge on any atom is 0.313 e. The molecule has 0 saturated heterocycles. The highest BCUT2D eigenvalue weighted by Gasteiger charge is 2.11. The lowest BCUT2D eigenvalue weighted by molar-refractivity contribution is -0.133. The molecule has 0 amide bonds. The molecule has 2 aromatic rings. The Labute approximate surface area is 120 Å². The van der Waals surface area contributed by atoms with Crippen molar-refractivity contribution in [1.29, 1.82) is 5.26 Å². The van der Waals surface area contributed by atoms with Crippen LogP contribution in [-0.4, -0.2) is 31.6 Å². The summed E-state index contributed by atoms with van der Waals surface area (Å²) >= 11 is 1.14. The third kappa shape index (κ3) is 3.36. The molecule has 0 fully saturated rings. The Bertz CT molecular complexity index is 658. The van der Waals surface area contributed by atoms with Gasteiger partial charge in [0.15, 0.2) is 5.16 Å². The molecule has 0 aliphatic rings. The zero-order valence-electron chi connectivity index (χ0n) is 10.8. The number of rotatable bonds is 5. The van der Waals surface area contributed by atoms with Gasteiger partial charge in [0.25, 0.3) is 0 Å². The first-order valence-electron chi connectivity index (χ1n) is 5.83. The van der Waals surface area contributed by atoms with Gasteiger partial charge in [0.2, 0.25) is 0 Å². The Kier molecular flexibility index (Phi) is 4.38. The van der Waals surface area contributed by atoms with Crippen LogP contribution in [-0.2, 0) is 11.3 Å². The van der Waals surface area contributed by atoms with Gasteiger partial charge < -0.3 is 9.67 Å². The van der Waals surface area contributed by atoms with E-state index < -0.39 is 5.97 Å². The fraction of sp³-hybridized carbons (Fsp3) is 0.231. The van der Waals surface area contributed by atoms with Crippen molar-refractivity contribution in [1.82, 2.24) is 14.8 Å². The van der Waals surface area contributed by atoms with Gasteiger partial charge in [-0.25, -0.2) is 0 Å². The summed E-state index contributed by atoms with van der Waals surface area (Å²) < 4.78 is 1.86. The average Bonchev–Trinajstić information content (AvgIpc) is 2.78. The van der Waals surface area contributed by atoms with Crippen LogP contribution in [0.3, 0.4) is 0 Å². The van der Waals surface area contributed by atoms with Crippen molar-refractivity contribution in [2.75, 3.05) is 5.75 Å². The second-order valence-electron chi connectivity index (χ2n) is 4.11. The maximum atomic E-state index is 10.6. The van der Waals surface area contributed by atoms with Crippen molar-refractivity contribution in [3.63, 3.8) is 0 Å². The standard InChI is InChI=1S/C13H12N4O2S/c1-9-15-16-13(20-8-12(18)19)17(9)7-11-4-2-10(6-14)3-5-11/h2-5H,7-8H2,1H3,(H,18,19). The molecule has 1 aromatic carbocycles. The van der Waals surface area contributed by atoms with Gasteiger partial charge in [-0.3, -0.25) is 4.79 Å². The van der Waals surface area contributed by atoms with Crippen molar-refractivity contribution in [3.8, 4) is 6.07 Å². The lowest BCUT2D eigenvalue weighted by atomic mass is 10.1. The van der Waals surface area contributed by atoms with Crippen LogP contribution in [0.1, 0.15) is 17.0 Å². The summed E-state index contributed by atoms with van der Waals surface area (Å²) in [7, 11) is 0. The summed E-state index contributed by atoms with van der Waals surface area (Å²) in [6, 6.07) is 9.30. The number of benzene rings is 1. The predicted molar refractivity (Wildman–Crippen MR) is 73.4 cm³/mol. The third-order valence-electron chi connectivity index (χ3n) is 2.65. The van der Waals surface area contributed by atoms with Gasteiger partial charge in [-0.2, -0.15) is 5.26 Å². The molecule has 0 aliphatic heterocycles. The minimum atomic E-state index is -0.888. The largest absolute Gasteiger partial charge is 0.481 e. The van der Waals surface area contributed by atoms with Crippen LogP contribution in [0, 0.1) is 18.3 Å². The van der Waals surface area contributed by atoms with Crippen LogP contribution < -0.4 is 0 Å². The van der Waals surface area contributed by atoms with Crippen LogP contribution in [0.2, 0.25) is 0 Å². The Morgan fingerprint density at radius 3 is 2.70 bits per heavy atom. The van der Waals surface area contributed by atoms with E-state index in [9.17, 15) is 4.79 Å². The van der Waals surface area contributed by atoms with E-state index in [-0.39, 0.29) is 5.75 Å². The molecule has 7 heteroatoms. The fourth-order valence-corrected chi connectivity index (χ4v) is 2.35. The van der Waals surface area contributed by atoms with Crippen LogP contribution in [0.25, 0.3) is 0 Å². The van der Waals surface area contributed by atoms with Gasteiger partial charge in [0, 0.05) is 0 Å². The smallest absolute Gasteiger partial charge is 0.313 e. The van der Waals surface area contributed by atoms with Crippen molar-refractivity contribution in [3.05, 3.63) is 41.2 Å². The number of carboxylic acid groups (broad SMARTS) is 1. The quantitative estimate of drug-likeness (QED) is 0.842. The molecule has 0 bridgehead atoms. The zero-order chi connectivity index (χ0) is 14.5. The maximum absolute atomic E-state index is 10.6. The van der Waals surface area contributed by atoms with E-state index in [0.717, 1.165) is 23.1 Å². The molecule has 1 N–H and O–H groups in total. The first-order chi connectivity index (χ1) is 9.60. The highest BCUT2D eigenvalue weighted by atomic mass is 32.2. The summed E-state index contributed by atoms with van der Waals surface area (Å²) in [5.41, 5.74) is 1.61. The number of hydrogen-bond acceptors (Lipinski definition) is 5. The Hall–Kier alpha value is -2.33. The topological polar surface area (TPSA) is 91.8 Å². The summed E-state index contributed by atoms with van der Waals surface area (Å²) in [6.45, 7) is 2.37.